The lowest BCUT2D eigenvalue weighted by Gasteiger charge is -2.26. The highest BCUT2D eigenvalue weighted by Crippen LogP contribution is 2.38. The minimum Gasteiger partial charge on any atom is -0.481 e. The summed E-state index contributed by atoms with van der Waals surface area (Å²) in [5.41, 5.74) is 0.706. The minimum absolute atomic E-state index is 0.114. The summed E-state index contributed by atoms with van der Waals surface area (Å²) in [6, 6.07) is 7.53. The van der Waals surface area contributed by atoms with Gasteiger partial charge in [0.05, 0.1) is 5.75 Å². The van der Waals surface area contributed by atoms with E-state index in [0.717, 1.165) is 17.3 Å². The van der Waals surface area contributed by atoms with Crippen LogP contribution in [-0.4, -0.2) is 37.7 Å². The summed E-state index contributed by atoms with van der Waals surface area (Å²) >= 11 is 1.02. The van der Waals surface area contributed by atoms with Crippen LogP contribution >= 0.6 is 11.8 Å². The fraction of sp³-hybridized carbons (Fsp3) is 0.286. The third kappa shape index (κ3) is 2.96. The molecule has 0 saturated heterocycles. The molecule has 0 spiro atoms. The molecule has 8 heteroatoms. The van der Waals surface area contributed by atoms with Gasteiger partial charge in [-0.1, -0.05) is 23.9 Å². The zero-order valence-electron chi connectivity index (χ0n) is 12.0. The summed E-state index contributed by atoms with van der Waals surface area (Å²) in [6.45, 7) is 3.76. The lowest BCUT2D eigenvalue weighted by Crippen LogP contribution is -2.37. The Morgan fingerprint density at radius 1 is 1.36 bits per heavy atom. The average molecular weight is 318 g/mol. The molecule has 1 aromatic carbocycles. The second-order valence-corrected chi connectivity index (χ2v) is 6.15. The van der Waals surface area contributed by atoms with Crippen molar-refractivity contribution in [1.82, 2.24) is 15.2 Å². The Kier molecular flexibility index (Phi) is 3.61. The largest absolute Gasteiger partial charge is 0.481 e. The zero-order valence-corrected chi connectivity index (χ0v) is 12.8. The molecule has 0 amide bonds. The molecule has 1 aliphatic rings. The van der Waals surface area contributed by atoms with Crippen molar-refractivity contribution in [3.63, 3.8) is 0 Å². The van der Waals surface area contributed by atoms with Gasteiger partial charge in [0, 0.05) is 5.56 Å². The molecule has 0 aliphatic carbocycles. The maximum absolute atomic E-state index is 10.7. The Labute approximate surface area is 131 Å². The summed E-state index contributed by atoms with van der Waals surface area (Å²) in [5.74, 6) is 0.181. The number of para-hydroxylation sites is 1. The Hall–Kier alpha value is -2.35. The van der Waals surface area contributed by atoms with Crippen LogP contribution in [0.4, 0.5) is 5.82 Å². The van der Waals surface area contributed by atoms with Crippen LogP contribution in [0.5, 0.6) is 5.75 Å². The standard InChI is InChI=1S/C14H14N4O3S/c1-14(2)16-12-11(8-5-3-4-6-9(8)21-14)17-18-13(15-12)22-7-10(19)20/h3-6H,7H2,1-2H3,(H,19,20)(H,15,16,18). The number of benzene rings is 1. The molecule has 3 rings (SSSR count). The van der Waals surface area contributed by atoms with E-state index in [4.69, 9.17) is 9.84 Å². The predicted octanol–water partition coefficient (Wildman–Crippen LogP) is 2.26. The predicted molar refractivity (Wildman–Crippen MR) is 82.0 cm³/mol. The van der Waals surface area contributed by atoms with Crippen molar-refractivity contribution < 1.29 is 14.6 Å². The number of ether oxygens (including phenoxy) is 1. The number of carboxylic acids is 1. The van der Waals surface area contributed by atoms with Gasteiger partial charge in [0.15, 0.2) is 11.5 Å². The summed E-state index contributed by atoms with van der Waals surface area (Å²) in [7, 11) is 0. The highest BCUT2D eigenvalue weighted by Gasteiger charge is 2.29. The van der Waals surface area contributed by atoms with Gasteiger partial charge in [-0.25, -0.2) is 4.98 Å². The van der Waals surface area contributed by atoms with E-state index in [1.54, 1.807) is 0 Å². The zero-order chi connectivity index (χ0) is 15.7. The SMILES string of the molecule is CC1(C)Nc2nc(SCC(=O)O)nnc2-c2ccccc2O1. The Balaban J connectivity index is 2.05. The highest BCUT2D eigenvalue weighted by molar-refractivity contribution is 7.99. The third-order valence-corrected chi connectivity index (χ3v) is 3.74. The van der Waals surface area contributed by atoms with Crippen LogP contribution in [0.2, 0.25) is 0 Å². The van der Waals surface area contributed by atoms with E-state index in [0.29, 0.717) is 22.4 Å². The number of nitrogens with one attached hydrogen (secondary N) is 1. The number of carboxylic acid groups (broad SMARTS) is 1. The summed E-state index contributed by atoms with van der Waals surface area (Å²) in [5, 5.41) is 20.4. The number of rotatable bonds is 3. The second-order valence-electron chi connectivity index (χ2n) is 5.21. The van der Waals surface area contributed by atoms with E-state index in [1.165, 1.54) is 0 Å². The van der Waals surface area contributed by atoms with Crippen LogP contribution in [0.15, 0.2) is 29.4 Å². The fourth-order valence-corrected chi connectivity index (χ4v) is 2.61. The van der Waals surface area contributed by atoms with E-state index >= 15 is 0 Å². The molecule has 0 radical (unpaired) electrons. The molecule has 2 heterocycles. The maximum Gasteiger partial charge on any atom is 0.313 e. The number of anilines is 1. The number of hydrogen-bond acceptors (Lipinski definition) is 7. The molecule has 0 bridgehead atoms. The molecule has 0 unspecified atom stereocenters. The van der Waals surface area contributed by atoms with E-state index in [-0.39, 0.29) is 5.75 Å². The van der Waals surface area contributed by atoms with Crippen molar-refractivity contribution in [3.8, 4) is 17.0 Å². The van der Waals surface area contributed by atoms with Gasteiger partial charge in [-0.2, -0.15) is 0 Å². The molecular weight excluding hydrogens is 304 g/mol. The molecule has 0 saturated carbocycles. The molecular formula is C14H14N4O3S. The Bertz CT molecular complexity index is 736. The highest BCUT2D eigenvalue weighted by atomic mass is 32.2. The Morgan fingerprint density at radius 3 is 2.91 bits per heavy atom. The van der Waals surface area contributed by atoms with Crippen LogP contribution in [0.25, 0.3) is 11.3 Å². The molecule has 22 heavy (non-hydrogen) atoms. The van der Waals surface area contributed by atoms with Crippen molar-refractivity contribution >= 4 is 23.5 Å². The van der Waals surface area contributed by atoms with Crippen LogP contribution in [-0.2, 0) is 4.79 Å². The van der Waals surface area contributed by atoms with Crippen LogP contribution < -0.4 is 10.1 Å². The normalized spacial score (nSPS) is 14.8. The van der Waals surface area contributed by atoms with Crippen molar-refractivity contribution in [2.24, 2.45) is 0 Å². The summed E-state index contributed by atoms with van der Waals surface area (Å²) in [4.78, 5) is 15.0. The number of carbonyl (C=O) groups is 1. The quantitative estimate of drug-likeness (QED) is 0.832. The van der Waals surface area contributed by atoms with Crippen molar-refractivity contribution in [2.75, 3.05) is 11.1 Å². The van der Waals surface area contributed by atoms with Crippen LogP contribution in [0, 0.1) is 0 Å². The maximum atomic E-state index is 10.7. The van der Waals surface area contributed by atoms with E-state index in [2.05, 4.69) is 20.5 Å². The number of fused-ring (bicyclic) bond motifs is 3. The molecule has 114 valence electrons. The van der Waals surface area contributed by atoms with Crippen molar-refractivity contribution in [3.05, 3.63) is 24.3 Å². The number of thioether (sulfide) groups is 1. The molecule has 0 atom stereocenters. The summed E-state index contributed by atoms with van der Waals surface area (Å²) < 4.78 is 5.95. The first-order valence-electron chi connectivity index (χ1n) is 6.60. The molecule has 7 nitrogen and oxygen atoms in total. The van der Waals surface area contributed by atoms with Gasteiger partial charge >= 0.3 is 5.97 Å². The topological polar surface area (TPSA) is 97.2 Å². The minimum atomic E-state index is -0.925. The van der Waals surface area contributed by atoms with Gasteiger partial charge in [-0.05, 0) is 26.0 Å². The first kappa shape index (κ1) is 14.6. The first-order valence-corrected chi connectivity index (χ1v) is 7.59. The van der Waals surface area contributed by atoms with Gasteiger partial charge in [-0.15, -0.1) is 10.2 Å². The third-order valence-electron chi connectivity index (χ3n) is 2.92. The monoisotopic (exact) mass is 318 g/mol. The number of aromatic nitrogens is 3. The van der Waals surface area contributed by atoms with Gasteiger partial charge in [0.1, 0.15) is 11.4 Å². The van der Waals surface area contributed by atoms with Gasteiger partial charge in [0.25, 0.3) is 0 Å². The smallest absolute Gasteiger partial charge is 0.313 e. The lowest BCUT2D eigenvalue weighted by atomic mass is 10.1. The molecule has 2 aromatic rings. The molecule has 1 aromatic heterocycles. The number of aliphatic carboxylic acids is 1. The lowest BCUT2D eigenvalue weighted by molar-refractivity contribution is -0.133. The molecule has 1 aliphatic heterocycles. The van der Waals surface area contributed by atoms with Crippen LogP contribution in [0.1, 0.15) is 13.8 Å². The van der Waals surface area contributed by atoms with Gasteiger partial charge < -0.3 is 15.2 Å². The Morgan fingerprint density at radius 2 is 2.14 bits per heavy atom. The van der Waals surface area contributed by atoms with E-state index < -0.39 is 11.7 Å². The molecule has 2 N–H and O–H groups in total. The number of nitrogens with zero attached hydrogens (tertiary/aromatic N) is 3. The average Bonchev–Trinajstić information content (AvgIpc) is 2.56. The van der Waals surface area contributed by atoms with Crippen molar-refractivity contribution in [1.29, 1.82) is 0 Å². The molecule has 0 fully saturated rings. The summed E-state index contributed by atoms with van der Waals surface area (Å²) in [6.07, 6.45) is 0. The number of hydrogen-bond donors (Lipinski definition) is 2. The first-order chi connectivity index (χ1) is 10.4. The van der Waals surface area contributed by atoms with E-state index in [1.807, 2.05) is 38.1 Å². The van der Waals surface area contributed by atoms with E-state index in [9.17, 15) is 4.79 Å². The van der Waals surface area contributed by atoms with Crippen LogP contribution in [0.3, 0.4) is 0 Å². The van der Waals surface area contributed by atoms with Gasteiger partial charge in [-0.3, -0.25) is 4.79 Å². The van der Waals surface area contributed by atoms with Crippen molar-refractivity contribution in [2.45, 2.75) is 24.7 Å². The fourth-order valence-electron chi connectivity index (χ4n) is 2.10. The second kappa shape index (κ2) is 5.45. The van der Waals surface area contributed by atoms with Gasteiger partial charge in [0.2, 0.25) is 5.16 Å².